The molecule has 0 radical (unpaired) electrons. The molecule has 0 amide bonds. The highest BCUT2D eigenvalue weighted by molar-refractivity contribution is 6.36. The number of halogens is 5. The van der Waals surface area contributed by atoms with Gasteiger partial charge in [0, 0.05) is 43.5 Å². The number of alkyl halides is 3. The van der Waals surface area contributed by atoms with Crippen LogP contribution in [0, 0.1) is 5.92 Å². The van der Waals surface area contributed by atoms with Crippen molar-refractivity contribution in [3.05, 3.63) is 34.4 Å². The van der Waals surface area contributed by atoms with Gasteiger partial charge in [-0.1, -0.05) is 23.2 Å². The van der Waals surface area contributed by atoms with Gasteiger partial charge in [0.05, 0.1) is 21.3 Å². The quantitative estimate of drug-likeness (QED) is 0.273. The van der Waals surface area contributed by atoms with Crippen molar-refractivity contribution in [1.29, 1.82) is 0 Å². The molecule has 7 nitrogen and oxygen atoms in total. The fourth-order valence-corrected chi connectivity index (χ4v) is 5.65. The van der Waals surface area contributed by atoms with Crippen LogP contribution in [0.3, 0.4) is 0 Å². The summed E-state index contributed by atoms with van der Waals surface area (Å²) < 4.78 is 43.4. The van der Waals surface area contributed by atoms with Gasteiger partial charge in [0.25, 0.3) is 0 Å². The second-order valence-electron chi connectivity index (χ2n) is 11.1. The van der Waals surface area contributed by atoms with Crippen LogP contribution in [-0.2, 0) is 4.74 Å². The zero-order chi connectivity index (χ0) is 28.2. The topological polar surface area (TPSA) is 91.3 Å². The summed E-state index contributed by atoms with van der Waals surface area (Å²) in [5.74, 6) is 1.82. The van der Waals surface area contributed by atoms with Crippen LogP contribution in [0.25, 0.3) is 11.3 Å². The Morgan fingerprint density at radius 2 is 1.79 bits per heavy atom. The summed E-state index contributed by atoms with van der Waals surface area (Å²) in [6.07, 6.45) is -0.557. The Morgan fingerprint density at radius 1 is 1.08 bits per heavy atom. The van der Waals surface area contributed by atoms with Crippen LogP contribution in [0.4, 0.5) is 24.8 Å². The Kier molecular flexibility index (Phi) is 9.86. The first-order valence-electron chi connectivity index (χ1n) is 13.3. The second kappa shape index (κ2) is 12.8. The monoisotopic (exact) mass is 589 g/mol. The van der Waals surface area contributed by atoms with E-state index in [2.05, 4.69) is 34.8 Å². The first kappa shape index (κ1) is 30.1. The second-order valence-corrected chi connectivity index (χ2v) is 11.9. The van der Waals surface area contributed by atoms with Crippen molar-refractivity contribution >= 4 is 34.8 Å². The van der Waals surface area contributed by atoms with Crippen molar-refractivity contribution in [3.8, 4) is 11.3 Å². The third kappa shape index (κ3) is 8.57. The maximum Gasteiger partial charge on any atom is 0.415 e. The number of rotatable bonds is 9. The number of pyridine rings is 2. The third-order valence-electron chi connectivity index (χ3n) is 7.38. The van der Waals surface area contributed by atoms with Gasteiger partial charge >= 0.3 is 6.18 Å². The molecule has 2 aromatic heterocycles. The molecule has 1 aliphatic heterocycles. The smallest absolute Gasteiger partial charge is 0.382 e. The van der Waals surface area contributed by atoms with Crippen molar-refractivity contribution in [1.82, 2.24) is 15.3 Å². The largest absolute Gasteiger partial charge is 0.415 e. The van der Waals surface area contributed by atoms with Gasteiger partial charge in [0.2, 0.25) is 0 Å². The molecule has 1 saturated heterocycles. The third-order valence-corrected chi connectivity index (χ3v) is 7.99. The van der Waals surface area contributed by atoms with Gasteiger partial charge in [-0.2, -0.15) is 13.2 Å². The fourth-order valence-electron chi connectivity index (χ4n) is 5.25. The number of hydrogen-bond acceptors (Lipinski definition) is 7. The van der Waals surface area contributed by atoms with Crippen LogP contribution < -0.4 is 16.0 Å². The minimum absolute atomic E-state index is 0.0701. The SMILES string of the molecule is CC1(C)CC(CNc2ccc(Cl)c(-c3cc(NC4CCC(NC[C@@H](O)C(F)(F)F)CC4)ncc3Cl)n2)CCO1. The molecule has 0 bridgehead atoms. The zero-order valence-electron chi connectivity index (χ0n) is 22.1. The maximum atomic E-state index is 12.5. The summed E-state index contributed by atoms with van der Waals surface area (Å²) in [4.78, 5) is 9.16. The Bertz CT molecular complexity index is 1110. The molecule has 2 aromatic rings. The summed E-state index contributed by atoms with van der Waals surface area (Å²) in [7, 11) is 0. The van der Waals surface area contributed by atoms with E-state index in [1.807, 2.05) is 12.1 Å². The molecule has 0 spiro atoms. The molecule has 39 heavy (non-hydrogen) atoms. The van der Waals surface area contributed by atoms with Crippen molar-refractivity contribution in [2.24, 2.45) is 5.92 Å². The Balaban J connectivity index is 1.35. The predicted octanol–water partition coefficient (Wildman–Crippen LogP) is 6.30. The van der Waals surface area contributed by atoms with E-state index in [0.29, 0.717) is 51.7 Å². The molecule has 4 N–H and O–H groups in total. The maximum absolute atomic E-state index is 12.5. The Morgan fingerprint density at radius 3 is 2.49 bits per heavy atom. The number of anilines is 2. The molecule has 4 rings (SSSR count). The minimum atomic E-state index is -4.61. The summed E-state index contributed by atoms with van der Waals surface area (Å²) in [6.45, 7) is 5.26. The highest BCUT2D eigenvalue weighted by Gasteiger charge is 2.38. The van der Waals surface area contributed by atoms with Gasteiger partial charge in [-0.3, -0.25) is 0 Å². The minimum Gasteiger partial charge on any atom is -0.382 e. The van der Waals surface area contributed by atoms with E-state index in [4.69, 9.17) is 32.9 Å². The normalized spacial score (nSPS) is 24.3. The summed E-state index contributed by atoms with van der Waals surface area (Å²) in [5, 5.41) is 19.8. The lowest BCUT2D eigenvalue weighted by Gasteiger charge is -2.35. The molecule has 2 fully saturated rings. The molecular formula is C27H36Cl2F3N5O2. The molecule has 2 atom stereocenters. The van der Waals surface area contributed by atoms with Gasteiger partial charge in [0.15, 0.2) is 6.10 Å². The van der Waals surface area contributed by atoms with Gasteiger partial charge in [-0.05, 0) is 76.5 Å². The van der Waals surface area contributed by atoms with Gasteiger partial charge in [0.1, 0.15) is 11.6 Å². The zero-order valence-corrected chi connectivity index (χ0v) is 23.6. The molecular weight excluding hydrogens is 554 g/mol. The van der Waals surface area contributed by atoms with Crippen LogP contribution in [0.15, 0.2) is 24.4 Å². The Hall–Kier alpha value is -1.85. The lowest BCUT2D eigenvalue weighted by atomic mass is 9.88. The van der Waals surface area contributed by atoms with Crippen LogP contribution >= 0.6 is 23.2 Å². The molecule has 12 heteroatoms. The van der Waals surface area contributed by atoms with E-state index in [9.17, 15) is 18.3 Å². The predicted molar refractivity (Wildman–Crippen MR) is 148 cm³/mol. The molecule has 1 unspecified atom stereocenters. The number of nitrogens with zero attached hydrogens (tertiary/aromatic N) is 2. The molecule has 1 saturated carbocycles. The summed E-state index contributed by atoms with van der Waals surface area (Å²) >= 11 is 13.0. The van der Waals surface area contributed by atoms with E-state index in [0.717, 1.165) is 38.8 Å². The first-order valence-corrected chi connectivity index (χ1v) is 14.1. The number of hydrogen-bond donors (Lipinski definition) is 4. The van der Waals surface area contributed by atoms with Crippen LogP contribution in [0.2, 0.25) is 10.0 Å². The van der Waals surface area contributed by atoms with E-state index >= 15 is 0 Å². The lowest BCUT2D eigenvalue weighted by molar-refractivity contribution is -0.202. The molecule has 3 heterocycles. The lowest BCUT2D eigenvalue weighted by Crippen LogP contribution is -2.44. The first-order chi connectivity index (χ1) is 18.4. The van der Waals surface area contributed by atoms with Gasteiger partial charge < -0.3 is 25.8 Å². The van der Waals surface area contributed by atoms with E-state index < -0.39 is 18.8 Å². The van der Waals surface area contributed by atoms with Crippen molar-refractivity contribution in [2.45, 2.75) is 82.3 Å². The van der Waals surface area contributed by atoms with E-state index in [-0.39, 0.29) is 17.7 Å². The highest BCUT2D eigenvalue weighted by Crippen LogP contribution is 2.35. The van der Waals surface area contributed by atoms with Crippen LogP contribution in [0.1, 0.15) is 52.4 Å². The number of aliphatic hydroxyl groups is 1. The summed E-state index contributed by atoms with van der Waals surface area (Å²) in [5.41, 5.74) is 1.09. The molecule has 2 aliphatic rings. The fraction of sp³-hybridized carbons (Fsp3) is 0.630. The number of aliphatic hydroxyl groups excluding tert-OH is 1. The number of nitrogens with one attached hydrogen (secondary N) is 3. The highest BCUT2D eigenvalue weighted by atomic mass is 35.5. The molecule has 216 valence electrons. The van der Waals surface area contributed by atoms with Crippen molar-refractivity contribution < 1.29 is 23.0 Å². The van der Waals surface area contributed by atoms with E-state index in [1.54, 1.807) is 12.3 Å². The summed E-state index contributed by atoms with van der Waals surface area (Å²) in [6, 6.07) is 5.51. The molecule has 1 aliphatic carbocycles. The number of aromatic nitrogens is 2. The molecule has 0 aromatic carbocycles. The average Bonchev–Trinajstić information content (AvgIpc) is 2.88. The average molecular weight is 591 g/mol. The Labute approximate surface area is 237 Å². The van der Waals surface area contributed by atoms with Gasteiger partial charge in [-0.25, -0.2) is 9.97 Å². The van der Waals surface area contributed by atoms with Crippen molar-refractivity contribution in [3.63, 3.8) is 0 Å². The van der Waals surface area contributed by atoms with E-state index in [1.165, 1.54) is 0 Å². The van der Waals surface area contributed by atoms with Crippen LogP contribution in [0.5, 0.6) is 0 Å². The number of ether oxygens (including phenoxy) is 1. The van der Waals surface area contributed by atoms with Gasteiger partial charge in [-0.15, -0.1) is 0 Å². The standard InChI is InChI=1S/C27H36Cl2F3N5O2/c1-26(2)12-16(9-10-39-26)13-34-23-8-7-20(28)25(37-23)19-11-24(35-14-21(19)29)36-18-5-3-17(4-6-18)33-15-22(38)27(30,31)32/h7-8,11,14,16-18,22,33,38H,3-6,9-10,12-13,15H2,1-2H3,(H,34,37)(H,35,36)/t16?,17?,18?,22-/m1/s1. The van der Waals surface area contributed by atoms with Crippen molar-refractivity contribution in [2.75, 3.05) is 30.3 Å². The van der Waals surface area contributed by atoms with Crippen LogP contribution in [-0.4, -0.2) is 64.7 Å².